The van der Waals surface area contributed by atoms with Gasteiger partial charge >= 0.3 is 0 Å². The van der Waals surface area contributed by atoms with Gasteiger partial charge in [-0.15, -0.1) is 0 Å². The molecule has 0 amide bonds. The normalized spacial score (nSPS) is 13.3. The van der Waals surface area contributed by atoms with Gasteiger partial charge in [0.15, 0.2) is 12.1 Å². The molecular formula is C19H15N3O. The molecule has 23 heavy (non-hydrogen) atoms. The lowest BCUT2D eigenvalue weighted by molar-refractivity contribution is 0.112. The van der Waals surface area contributed by atoms with Gasteiger partial charge in [0.25, 0.3) is 0 Å². The molecule has 4 aromatic rings. The Balaban J connectivity index is 1.94. The molecule has 0 spiro atoms. The first-order chi connectivity index (χ1) is 11.3. The minimum absolute atomic E-state index is 0.744. The van der Waals surface area contributed by atoms with Gasteiger partial charge in [0.2, 0.25) is 0 Å². The zero-order chi connectivity index (χ0) is 15.6. The number of aromatic nitrogens is 3. The second kappa shape index (κ2) is 4.32. The molecule has 0 fully saturated rings. The van der Waals surface area contributed by atoms with E-state index in [1.165, 1.54) is 5.56 Å². The SMILES string of the molecule is Cc1ccc2c(c1)nc1n2CCn2c-1c(C=O)c1ccccc12. The van der Waals surface area contributed by atoms with Gasteiger partial charge in [0.1, 0.15) is 0 Å². The Morgan fingerprint density at radius 3 is 2.74 bits per heavy atom. The first-order valence-corrected chi connectivity index (χ1v) is 7.81. The fourth-order valence-corrected chi connectivity index (χ4v) is 3.77. The third-order valence-corrected chi connectivity index (χ3v) is 4.79. The van der Waals surface area contributed by atoms with Crippen LogP contribution in [0.4, 0.5) is 0 Å². The molecule has 0 N–H and O–H groups in total. The fraction of sp³-hybridized carbons (Fsp3) is 0.158. The maximum Gasteiger partial charge on any atom is 0.158 e. The number of aryl methyl sites for hydroxylation is 3. The number of carbonyl (C=O) groups is 1. The van der Waals surface area contributed by atoms with Crippen LogP contribution in [0.2, 0.25) is 0 Å². The largest absolute Gasteiger partial charge is 0.336 e. The summed E-state index contributed by atoms with van der Waals surface area (Å²) in [7, 11) is 0. The molecule has 0 unspecified atom stereocenters. The Morgan fingerprint density at radius 2 is 1.87 bits per heavy atom. The predicted molar refractivity (Wildman–Crippen MR) is 90.8 cm³/mol. The second-order valence-electron chi connectivity index (χ2n) is 6.13. The van der Waals surface area contributed by atoms with Crippen molar-refractivity contribution >= 4 is 28.2 Å². The first kappa shape index (κ1) is 12.6. The molecule has 112 valence electrons. The third-order valence-electron chi connectivity index (χ3n) is 4.79. The third kappa shape index (κ3) is 1.55. The molecule has 2 aromatic carbocycles. The summed E-state index contributed by atoms with van der Waals surface area (Å²) >= 11 is 0. The zero-order valence-corrected chi connectivity index (χ0v) is 12.8. The van der Waals surface area contributed by atoms with Crippen LogP contribution in [0.25, 0.3) is 33.5 Å². The Labute approximate surface area is 133 Å². The van der Waals surface area contributed by atoms with E-state index in [1.807, 2.05) is 18.2 Å². The van der Waals surface area contributed by atoms with Gasteiger partial charge in [-0.05, 0) is 30.7 Å². The lowest BCUT2D eigenvalue weighted by atomic mass is 10.1. The van der Waals surface area contributed by atoms with Crippen molar-refractivity contribution in [2.75, 3.05) is 0 Å². The number of hydrogen-bond donors (Lipinski definition) is 0. The highest BCUT2D eigenvalue weighted by Gasteiger charge is 2.26. The standard InChI is InChI=1S/C19H15N3O/c1-12-6-7-17-15(10-12)20-19-18-14(11-23)13-4-2-3-5-16(13)21(18)8-9-22(17)19/h2-7,10-11H,8-9H2,1H3. The van der Waals surface area contributed by atoms with E-state index in [0.29, 0.717) is 0 Å². The van der Waals surface area contributed by atoms with Gasteiger partial charge in [0, 0.05) is 24.0 Å². The molecule has 0 aliphatic carbocycles. The summed E-state index contributed by atoms with van der Waals surface area (Å²) in [5.41, 5.74) is 6.13. The molecule has 0 atom stereocenters. The van der Waals surface area contributed by atoms with Gasteiger partial charge in [0.05, 0.1) is 22.3 Å². The van der Waals surface area contributed by atoms with Crippen LogP contribution in [-0.2, 0) is 13.1 Å². The van der Waals surface area contributed by atoms with Crippen LogP contribution < -0.4 is 0 Å². The van der Waals surface area contributed by atoms with Crippen LogP contribution in [-0.4, -0.2) is 20.4 Å². The van der Waals surface area contributed by atoms with Crippen molar-refractivity contribution < 1.29 is 4.79 Å². The average molecular weight is 301 g/mol. The topological polar surface area (TPSA) is 39.8 Å². The molecule has 2 aromatic heterocycles. The van der Waals surface area contributed by atoms with E-state index in [1.54, 1.807) is 0 Å². The first-order valence-electron chi connectivity index (χ1n) is 7.81. The number of carbonyl (C=O) groups excluding carboxylic acids is 1. The maximum absolute atomic E-state index is 11.8. The van der Waals surface area contributed by atoms with Crippen LogP contribution in [0, 0.1) is 6.92 Å². The van der Waals surface area contributed by atoms with Gasteiger partial charge in [-0.1, -0.05) is 24.3 Å². The molecule has 0 bridgehead atoms. The Hall–Kier alpha value is -2.88. The van der Waals surface area contributed by atoms with Crippen molar-refractivity contribution in [1.82, 2.24) is 14.1 Å². The van der Waals surface area contributed by atoms with E-state index in [-0.39, 0.29) is 0 Å². The number of aldehydes is 1. The van der Waals surface area contributed by atoms with E-state index in [4.69, 9.17) is 4.98 Å². The highest BCUT2D eigenvalue weighted by Crippen LogP contribution is 2.37. The molecule has 3 heterocycles. The summed E-state index contributed by atoms with van der Waals surface area (Å²) in [6.07, 6.45) is 0.967. The Bertz CT molecular complexity index is 1100. The molecule has 1 aliphatic rings. The highest BCUT2D eigenvalue weighted by molar-refractivity contribution is 6.05. The lowest BCUT2D eigenvalue weighted by Gasteiger charge is -2.19. The molecule has 1 aliphatic heterocycles. The zero-order valence-electron chi connectivity index (χ0n) is 12.8. The number of imidazole rings is 1. The van der Waals surface area contributed by atoms with Gasteiger partial charge in [-0.2, -0.15) is 0 Å². The van der Waals surface area contributed by atoms with Crippen molar-refractivity contribution in [3.63, 3.8) is 0 Å². The van der Waals surface area contributed by atoms with Crippen LogP contribution in [0.15, 0.2) is 42.5 Å². The van der Waals surface area contributed by atoms with Crippen LogP contribution in [0.3, 0.4) is 0 Å². The molecule has 0 saturated carbocycles. The van der Waals surface area contributed by atoms with Crippen molar-refractivity contribution in [2.45, 2.75) is 20.0 Å². The van der Waals surface area contributed by atoms with Crippen molar-refractivity contribution in [2.24, 2.45) is 0 Å². The molecular weight excluding hydrogens is 286 g/mol. The van der Waals surface area contributed by atoms with Crippen molar-refractivity contribution in [3.8, 4) is 11.5 Å². The van der Waals surface area contributed by atoms with E-state index >= 15 is 0 Å². The monoisotopic (exact) mass is 301 g/mol. The van der Waals surface area contributed by atoms with E-state index in [0.717, 1.165) is 58.4 Å². The summed E-state index contributed by atoms with van der Waals surface area (Å²) in [4.78, 5) is 16.6. The average Bonchev–Trinajstić information content (AvgIpc) is 3.09. The highest BCUT2D eigenvalue weighted by atomic mass is 16.1. The Kier molecular flexibility index (Phi) is 2.37. The van der Waals surface area contributed by atoms with E-state index in [9.17, 15) is 4.79 Å². The minimum Gasteiger partial charge on any atom is -0.336 e. The van der Waals surface area contributed by atoms with Crippen LogP contribution >= 0.6 is 0 Å². The van der Waals surface area contributed by atoms with Crippen LogP contribution in [0.1, 0.15) is 15.9 Å². The number of hydrogen-bond acceptors (Lipinski definition) is 2. The second-order valence-corrected chi connectivity index (χ2v) is 6.13. The molecule has 4 heteroatoms. The van der Waals surface area contributed by atoms with Gasteiger partial charge < -0.3 is 9.13 Å². The van der Waals surface area contributed by atoms with Crippen LogP contribution in [0.5, 0.6) is 0 Å². The summed E-state index contributed by atoms with van der Waals surface area (Å²) in [6.45, 7) is 3.81. The quantitative estimate of drug-likeness (QED) is 0.502. The summed E-state index contributed by atoms with van der Waals surface area (Å²) < 4.78 is 4.46. The molecule has 4 nitrogen and oxygen atoms in total. The number of para-hydroxylation sites is 1. The molecule has 5 rings (SSSR count). The van der Waals surface area contributed by atoms with E-state index in [2.05, 4.69) is 40.3 Å². The van der Waals surface area contributed by atoms with Gasteiger partial charge in [-0.25, -0.2) is 4.98 Å². The fourth-order valence-electron chi connectivity index (χ4n) is 3.77. The number of fused-ring (bicyclic) bond motifs is 7. The minimum atomic E-state index is 0.744. The maximum atomic E-state index is 11.8. The van der Waals surface area contributed by atoms with Crippen molar-refractivity contribution in [1.29, 1.82) is 0 Å². The summed E-state index contributed by atoms with van der Waals surface area (Å²) in [6, 6.07) is 14.4. The number of rotatable bonds is 1. The summed E-state index contributed by atoms with van der Waals surface area (Å²) in [5.74, 6) is 0.898. The number of benzene rings is 2. The van der Waals surface area contributed by atoms with E-state index < -0.39 is 0 Å². The smallest absolute Gasteiger partial charge is 0.158 e. The van der Waals surface area contributed by atoms with Crippen molar-refractivity contribution in [3.05, 3.63) is 53.6 Å². The Morgan fingerprint density at radius 1 is 1.04 bits per heavy atom. The lowest BCUT2D eigenvalue weighted by Crippen LogP contribution is -2.16. The summed E-state index contributed by atoms with van der Waals surface area (Å²) in [5, 5.41) is 1.01. The molecule has 0 saturated heterocycles. The molecule has 0 radical (unpaired) electrons. The predicted octanol–water partition coefficient (Wildman–Crippen LogP) is 3.79. The number of nitrogens with zero attached hydrogens (tertiary/aromatic N) is 3. The van der Waals surface area contributed by atoms with Gasteiger partial charge in [-0.3, -0.25) is 4.79 Å².